The molecule has 0 heterocycles. The maximum Gasteiger partial charge on any atom is 0.341 e. The zero-order valence-electron chi connectivity index (χ0n) is 8.46. The van der Waals surface area contributed by atoms with E-state index in [1.165, 1.54) is 12.1 Å². The fourth-order valence-corrected chi connectivity index (χ4v) is 1.19. The van der Waals surface area contributed by atoms with Crippen LogP contribution in [-0.4, -0.2) is 17.7 Å². The predicted molar refractivity (Wildman–Crippen MR) is 60.9 cm³/mol. The van der Waals surface area contributed by atoms with E-state index in [-0.39, 0.29) is 0 Å². The van der Waals surface area contributed by atoms with Crippen LogP contribution in [0.5, 0.6) is 5.75 Å². The van der Waals surface area contributed by atoms with Gasteiger partial charge in [0.2, 0.25) is 0 Å². The van der Waals surface area contributed by atoms with Gasteiger partial charge in [0.1, 0.15) is 5.75 Å². The van der Waals surface area contributed by atoms with Gasteiger partial charge in [-0.25, -0.2) is 4.79 Å². The summed E-state index contributed by atoms with van der Waals surface area (Å²) in [7, 11) is 0. The summed E-state index contributed by atoms with van der Waals surface area (Å²) in [5.74, 6) is -0.737. The molecule has 1 N–H and O–H groups in total. The number of hydrogen-bond donors (Lipinski definition) is 1. The monoisotopic (exact) mass is 250 g/mol. The molecule has 0 atom stereocenters. The van der Waals surface area contributed by atoms with E-state index in [4.69, 9.17) is 33.0 Å². The Labute approximate surface area is 98.6 Å². The van der Waals surface area contributed by atoms with Crippen molar-refractivity contribution in [1.82, 2.24) is 0 Å². The van der Waals surface area contributed by atoms with Crippen LogP contribution < -0.4 is 4.74 Å². The summed E-state index contributed by atoms with van der Waals surface area (Å²) in [6.45, 7) is 3.58. The Kier molecular flexibility index (Phi) is 6.92. The van der Waals surface area contributed by atoms with Crippen molar-refractivity contribution in [3.63, 3.8) is 0 Å². The summed E-state index contributed by atoms with van der Waals surface area (Å²) in [4.78, 5) is 10.2. The molecule has 3 nitrogen and oxygen atoms in total. The SMILES string of the molecule is CC.O=C(O)COc1ccc(Cl)cc1Cl. The van der Waals surface area contributed by atoms with Gasteiger partial charge in [-0.2, -0.15) is 0 Å². The van der Waals surface area contributed by atoms with Crippen molar-refractivity contribution in [2.45, 2.75) is 13.8 Å². The number of carbonyl (C=O) groups is 1. The Morgan fingerprint density at radius 3 is 2.47 bits per heavy atom. The zero-order valence-corrected chi connectivity index (χ0v) is 9.97. The van der Waals surface area contributed by atoms with Crippen LogP contribution >= 0.6 is 23.2 Å². The van der Waals surface area contributed by atoms with Crippen molar-refractivity contribution in [3.8, 4) is 5.75 Å². The summed E-state index contributed by atoms with van der Waals surface area (Å²) in [5, 5.41) is 9.11. The van der Waals surface area contributed by atoms with Crippen LogP contribution in [0, 0.1) is 0 Å². The topological polar surface area (TPSA) is 46.5 Å². The average molecular weight is 251 g/mol. The molecule has 0 aliphatic heterocycles. The minimum atomic E-state index is -1.05. The molecule has 0 amide bonds. The van der Waals surface area contributed by atoms with Crippen LogP contribution in [-0.2, 0) is 4.79 Å². The Hall–Kier alpha value is -0.930. The van der Waals surface area contributed by atoms with E-state index < -0.39 is 12.6 Å². The van der Waals surface area contributed by atoms with Crippen LogP contribution in [0.3, 0.4) is 0 Å². The highest BCUT2D eigenvalue weighted by atomic mass is 35.5. The standard InChI is InChI=1S/C8H6Cl2O3.C2H6/c9-5-1-2-7(6(10)3-5)13-4-8(11)12;1-2/h1-3H,4H2,(H,11,12);1-2H3. The van der Waals surface area contributed by atoms with Gasteiger partial charge in [0.15, 0.2) is 6.61 Å². The molecule has 15 heavy (non-hydrogen) atoms. The van der Waals surface area contributed by atoms with Crippen molar-refractivity contribution in [1.29, 1.82) is 0 Å². The molecule has 0 unspecified atom stereocenters. The molecule has 0 radical (unpaired) electrons. The average Bonchev–Trinajstić information content (AvgIpc) is 2.19. The second-order valence-electron chi connectivity index (χ2n) is 2.26. The molecule has 0 aromatic heterocycles. The molecule has 0 aliphatic carbocycles. The first-order valence-corrected chi connectivity index (χ1v) is 5.15. The van der Waals surface area contributed by atoms with Crippen molar-refractivity contribution in [2.75, 3.05) is 6.61 Å². The second-order valence-corrected chi connectivity index (χ2v) is 3.10. The van der Waals surface area contributed by atoms with Gasteiger partial charge in [0.25, 0.3) is 0 Å². The van der Waals surface area contributed by atoms with Crippen LogP contribution in [0.1, 0.15) is 13.8 Å². The number of hydrogen-bond acceptors (Lipinski definition) is 2. The van der Waals surface area contributed by atoms with Gasteiger partial charge >= 0.3 is 5.97 Å². The summed E-state index contributed by atoms with van der Waals surface area (Å²) in [6, 6.07) is 4.58. The third-order valence-electron chi connectivity index (χ3n) is 1.25. The number of benzene rings is 1. The van der Waals surface area contributed by atoms with E-state index in [1.54, 1.807) is 6.07 Å². The highest BCUT2D eigenvalue weighted by Crippen LogP contribution is 2.27. The van der Waals surface area contributed by atoms with Gasteiger partial charge in [-0.15, -0.1) is 0 Å². The fourth-order valence-electron chi connectivity index (χ4n) is 0.732. The molecule has 0 saturated heterocycles. The highest BCUT2D eigenvalue weighted by Gasteiger charge is 2.04. The molecule has 0 saturated carbocycles. The number of rotatable bonds is 3. The third-order valence-corrected chi connectivity index (χ3v) is 1.78. The van der Waals surface area contributed by atoms with Gasteiger partial charge in [-0.05, 0) is 18.2 Å². The van der Waals surface area contributed by atoms with Crippen molar-refractivity contribution in [3.05, 3.63) is 28.2 Å². The molecule has 0 fully saturated rings. The number of halogens is 2. The number of carboxylic acids is 1. The molecule has 0 aliphatic rings. The molecular formula is C10H12Cl2O3. The maximum absolute atomic E-state index is 10.2. The van der Waals surface area contributed by atoms with Crippen molar-refractivity contribution in [2.24, 2.45) is 0 Å². The van der Waals surface area contributed by atoms with E-state index in [2.05, 4.69) is 0 Å². The quantitative estimate of drug-likeness (QED) is 0.894. The molecule has 1 rings (SSSR count). The van der Waals surface area contributed by atoms with Gasteiger partial charge in [-0.3, -0.25) is 0 Å². The van der Waals surface area contributed by atoms with E-state index in [0.717, 1.165) is 0 Å². The first-order chi connectivity index (χ1) is 7.09. The van der Waals surface area contributed by atoms with Gasteiger partial charge in [-0.1, -0.05) is 37.0 Å². The largest absolute Gasteiger partial charge is 0.480 e. The van der Waals surface area contributed by atoms with E-state index in [1.807, 2.05) is 13.8 Å². The summed E-state index contributed by atoms with van der Waals surface area (Å²) in [5.41, 5.74) is 0. The van der Waals surface area contributed by atoms with Gasteiger partial charge < -0.3 is 9.84 Å². The minimum absolute atomic E-state index is 0.300. The van der Waals surface area contributed by atoms with Crippen molar-refractivity contribution < 1.29 is 14.6 Å². The lowest BCUT2D eigenvalue weighted by molar-refractivity contribution is -0.139. The first-order valence-electron chi connectivity index (χ1n) is 4.39. The molecule has 5 heteroatoms. The Morgan fingerprint density at radius 2 is 2.00 bits per heavy atom. The fraction of sp³-hybridized carbons (Fsp3) is 0.300. The van der Waals surface area contributed by atoms with Crippen LogP contribution in [0.25, 0.3) is 0 Å². The molecule has 0 bridgehead atoms. The smallest absolute Gasteiger partial charge is 0.341 e. The lowest BCUT2D eigenvalue weighted by Gasteiger charge is -2.04. The molecule has 1 aromatic rings. The van der Waals surface area contributed by atoms with E-state index >= 15 is 0 Å². The lowest BCUT2D eigenvalue weighted by atomic mass is 10.3. The summed E-state index contributed by atoms with van der Waals surface area (Å²) >= 11 is 11.3. The molecule has 84 valence electrons. The molecular weight excluding hydrogens is 239 g/mol. The number of ether oxygens (including phenoxy) is 1. The maximum atomic E-state index is 10.2. The zero-order chi connectivity index (χ0) is 11.8. The Balaban J connectivity index is 0.000000921. The predicted octanol–water partition coefficient (Wildman–Crippen LogP) is 3.48. The third kappa shape index (κ3) is 5.50. The minimum Gasteiger partial charge on any atom is -0.480 e. The summed E-state index contributed by atoms with van der Waals surface area (Å²) in [6.07, 6.45) is 0. The summed E-state index contributed by atoms with van der Waals surface area (Å²) < 4.78 is 4.86. The van der Waals surface area contributed by atoms with Crippen molar-refractivity contribution >= 4 is 29.2 Å². The van der Waals surface area contributed by atoms with Gasteiger partial charge in [0.05, 0.1) is 5.02 Å². The Morgan fingerprint density at radius 1 is 1.40 bits per heavy atom. The highest BCUT2D eigenvalue weighted by molar-refractivity contribution is 6.35. The number of carboxylic acid groups (broad SMARTS) is 1. The number of aliphatic carboxylic acids is 1. The van der Waals surface area contributed by atoms with E-state index in [9.17, 15) is 4.79 Å². The van der Waals surface area contributed by atoms with E-state index in [0.29, 0.717) is 15.8 Å². The van der Waals surface area contributed by atoms with Crippen LogP contribution in [0.2, 0.25) is 10.0 Å². The first kappa shape index (κ1) is 14.1. The lowest BCUT2D eigenvalue weighted by Crippen LogP contribution is -2.09. The second kappa shape index (κ2) is 7.37. The molecule has 0 spiro atoms. The van der Waals surface area contributed by atoms with Gasteiger partial charge in [0, 0.05) is 5.02 Å². The normalized spacial score (nSPS) is 8.80. The Bertz CT molecular complexity index is 326. The van der Waals surface area contributed by atoms with Crippen LogP contribution in [0.4, 0.5) is 0 Å². The van der Waals surface area contributed by atoms with Crippen LogP contribution in [0.15, 0.2) is 18.2 Å². The molecule has 1 aromatic carbocycles.